The maximum Gasteiger partial charge on any atom is 0.333 e. The van der Waals surface area contributed by atoms with Crippen LogP contribution in [0.2, 0.25) is 0 Å². The van der Waals surface area contributed by atoms with E-state index in [-0.39, 0.29) is 5.97 Å². The Labute approximate surface area is 138 Å². The molecule has 0 fully saturated rings. The lowest BCUT2D eigenvalue weighted by molar-refractivity contribution is -0.928. The molecule has 0 unspecified atom stereocenters. The molecule has 0 N–H and O–H groups in total. The molecule has 0 saturated heterocycles. The van der Waals surface area contributed by atoms with Gasteiger partial charge >= 0.3 is 5.97 Å². The Morgan fingerprint density at radius 3 is 1.95 bits per heavy atom. The number of carbonyl (C=O) groups excluding carboxylic acids is 1. The van der Waals surface area contributed by atoms with Gasteiger partial charge in [0.05, 0.1) is 32.8 Å². The molecule has 0 heterocycles. The van der Waals surface area contributed by atoms with E-state index in [2.05, 4.69) is 27.4 Å². The number of rotatable bonds is 14. The summed E-state index contributed by atoms with van der Waals surface area (Å²) in [5.74, 6) is -0.257. The highest BCUT2D eigenvalue weighted by Gasteiger charge is 2.24. The van der Waals surface area contributed by atoms with Crippen molar-refractivity contribution in [2.75, 3.05) is 32.8 Å². The van der Waals surface area contributed by atoms with E-state index in [0.717, 1.165) is 13.0 Å². The number of nitrogens with zero attached hydrogens (tertiary/aromatic N) is 1. The van der Waals surface area contributed by atoms with Crippen LogP contribution in [-0.2, 0) is 9.53 Å². The van der Waals surface area contributed by atoms with Crippen molar-refractivity contribution < 1.29 is 14.0 Å². The number of esters is 1. The minimum absolute atomic E-state index is 0.257. The molecule has 0 aromatic carbocycles. The summed E-state index contributed by atoms with van der Waals surface area (Å²) in [7, 11) is 0. The lowest BCUT2D eigenvalue weighted by Gasteiger charge is -2.39. The molecule has 22 heavy (non-hydrogen) atoms. The van der Waals surface area contributed by atoms with Crippen LogP contribution in [0, 0.1) is 0 Å². The van der Waals surface area contributed by atoms with Crippen LogP contribution in [-0.4, -0.2) is 43.2 Å². The Balaban J connectivity index is 4.36. The second-order valence-electron chi connectivity index (χ2n) is 6.57. The zero-order valence-electron chi connectivity index (χ0n) is 15.5. The third-order valence-corrected chi connectivity index (χ3v) is 4.24. The summed E-state index contributed by atoms with van der Waals surface area (Å²) >= 11 is 0. The van der Waals surface area contributed by atoms with Gasteiger partial charge < -0.3 is 9.22 Å². The van der Waals surface area contributed by atoms with E-state index in [1.54, 1.807) is 6.92 Å². The molecule has 0 radical (unpaired) electrons. The maximum absolute atomic E-state index is 11.4. The van der Waals surface area contributed by atoms with Gasteiger partial charge in [0.1, 0.15) is 0 Å². The lowest BCUT2D eigenvalue weighted by Crippen LogP contribution is -2.50. The topological polar surface area (TPSA) is 26.3 Å². The number of hydrogen-bond donors (Lipinski definition) is 0. The van der Waals surface area contributed by atoms with Crippen LogP contribution < -0.4 is 0 Å². The second kappa shape index (κ2) is 12.7. The molecule has 3 heteroatoms. The molecular formula is C19H38NO2+. The first-order chi connectivity index (χ1) is 10.5. The first-order valence-corrected chi connectivity index (χ1v) is 9.19. The highest BCUT2D eigenvalue weighted by atomic mass is 16.5. The SMILES string of the molecule is C=C(C)C(=O)OCCC[N+](CCC)(CCC)CCCCCC. The van der Waals surface area contributed by atoms with Crippen molar-refractivity contribution in [1.29, 1.82) is 0 Å². The van der Waals surface area contributed by atoms with Gasteiger partial charge in [-0.15, -0.1) is 0 Å². The normalized spacial score (nSPS) is 11.5. The maximum atomic E-state index is 11.4. The zero-order valence-corrected chi connectivity index (χ0v) is 15.5. The minimum atomic E-state index is -0.257. The van der Waals surface area contributed by atoms with Crippen LogP contribution in [0.5, 0.6) is 0 Å². The largest absolute Gasteiger partial charge is 0.462 e. The third kappa shape index (κ3) is 9.24. The van der Waals surface area contributed by atoms with Crippen molar-refractivity contribution in [3.8, 4) is 0 Å². The van der Waals surface area contributed by atoms with Gasteiger partial charge in [-0.05, 0) is 32.6 Å². The summed E-state index contributed by atoms with van der Waals surface area (Å²) in [5, 5.41) is 0. The quantitative estimate of drug-likeness (QED) is 0.201. The van der Waals surface area contributed by atoms with E-state index in [1.807, 2.05) is 0 Å². The van der Waals surface area contributed by atoms with Crippen molar-refractivity contribution in [3.63, 3.8) is 0 Å². The molecule has 0 amide bonds. The predicted molar refractivity (Wildman–Crippen MR) is 94.8 cm³/mol. The van der Waals surface area contributed by atoms with Gasteiger partial charge in [-0.25, -0.2) is 4.79 Å². The molecule has 0 rings (SSSR count). The first kappa shape index (κ1) is 21.2. The molecule has 0 aromatic heterocycles. The number of unbranched alkanes of at least 4 members (excludes halogenated alkanes) is 3. The Bertz CT molecular complexity index is 307. The number of hydrogen-bond acceptors (Lipinski definition) is 2. The van der Waals surface area contributed by atoms with E-state index < -0.39 is 0 Å². The van der Waals surface area contributed by atoms with Crippen molar-refractivity contribution in [2.24, 2.45) is 0 Å². The number of quaternary nitrogens is 1. The van der Waals surface area contributed by atoms with Gasteiger partial charge in [0, 0.05) is 12.0 Å². The molecule has 130 valence electrons. The molecule has 0 atom stereocenters. The molecule has 0 spiro atoms. The average Bonchev–Trinajstić information content (AvgIpc) is 2.48. The van der Waals surface area contributed by atoms with Gasteiger partial charge in [-0.1, -0.05) is 40.2 Å². The van der Waals surface area contributed by atoms with Crippen LogP contribution in [0.15, 0.2) is 12.2 Å². The van der Waals surface area contributed by atoms with Crippen LogP contribution >= 0.6 is 0 Å². The molecular weight excluding hydrogens is 274 g/mol. The fraction of sp³-hybridized carbons (Fsp3) is 0.842. The van der Waals surface area contributed by atoms with Gasteiger partial charge in [0.25, 0.3) is 0 Å². The van der Waals surface area contributed by atoms with Crippen LogP contribution in [0.1, 0.15) is 72.6 Å². The van der Waals surface area contributed by atoms with Gasteiger partial charge in [0.2, 0.25) is 0 Å². The molecule has 0 aromatic rings. The van der Waals surface area contributed by atoms with Crippen LogP contribution in [0.25, 0.3) is 0 Å². The summed E-state index contributed by atoms with van der Waals surface area (Å²) in [4.78, 5) is 11.4. The molecule has 0 aliphatic heterocycles. The average molecular weight is 313 g/mol. The van der Waals surface area contributed by atoms with Gasteiger partial charge in [-0.3, -0.25) is 0 Å². The summed E-state index contributed by atoms with van der Waals surface area (Å²) in [6, 6.07) is 0. The summed E-state index contributed by atoms with van der Waals surface area (Å²) in [5.41, 5.74) is 0.488. The standard InChI is InChI=1S/C19H38NO2/c1-6-9-10-11-15-20(13-7-2,14-8-3)16-12-17-22-19(21)18(4)5/h4,6-17H2,1-3,5H3/q+1. The van der Waals surface area contributed by atoms with Crippen LogP contribution in [0.3, 0.4) is 0 Å². The molecule has 0 aliphatic carbocycles. The summed E-state index contributed by atoms with van der Waals surface area (Å²) < 4.78 is 6.45. The third-order valence-electron chi connectivity index (χ3n) is 4.24. The van der Waals surface area contributed by atoms with Crippen molar-refractivity contribution in [2.45, 2.75) is 72.6 Å². The van der Waals surface area contributed by atoms with Crippen molar-refractivity contribution >= 4 is 5.97 Å². The molecule has 0 aliphatic rings. The molecule has 0 saturated carbocycles. The second-order valence-corrected chi connectivity index (χ2v) is 6.57. The Hall–Kier alpha value is -0.830. The highest BCUT2D eigenvalue weighted by Crippen LogP contribution is 2.15. The molecule has 3 nitrogen and oxygen atoms in total. The van der Waals surface area contributed by atoms with Crippen LogP contribution in [0.4, 0.5) is 0 Å². The smallest absolute Gasteiger partial charge is 0.333 e. The van der Waals surface area contributed by atoms with E-state index in [9.17, 15) is 4.79 Å². The summed E-state index contributed by atoms with van der Waals surface area (Å²) in [6.07, 6.45) is 8.69. The van der Waals surface area contributed by atoms with Crippen molar-refractivity contribution in [3.05, 3.63) is 12.2 Å². The van der Waals surface area contributed by atoms with Gasteiger partial charge in [0.15, 0.2) is 0 Å². The van der Waals surface area contributed by atoms with E-state index >= 15 is 0 Å². The minimum Gasteiger partial charge on any atom is -0.462 e. The fourth-order valence-corrected chi connectivity index (χ4v) is 3.18. The Morgan fingerprint density at radius 1 is 0.864 bits per heavy atom. The Morgan fingerprint density at radius 2 is 1.45 bits per heavy atom. The number of ether oxygens (including phenoxy) is 1. The summed E-state index contributed by atoms with van der Waals surface area (Å²) in [6.45, 7) is 17.5. The zero-order chi connectivity index (χ0) is 16.8. The van der Waals surface area contributed by atoms with E-state index in [0.29, 0.717) is 12.2 Å². The van der Waals surface area contributed by atoms with Gasteiger partial charge in [-0.2, -0.15) is 0 Å². The van der Waals surface area contributed by atoms with Crippen molar-refractivity contribution in [1.82, 2.24) is 0 Å². The Kier molecular flexibility index (Phi) is 12.2. The fourth-order valence-electron chi connectivity index (χ4n) is 3.18. The molecule has 0 bridgehead atoms. The van der Waals surface area contributed by atoms with E-state index in [1.165, 1.54) is 62.6 Å². The predicted octanol–water partition coefficient (Wildman–Crippen LogP) is 4.71. The number of carbonyl (C=O) groups is 1. The van der Waals surface area contributed by atoms with E-state index in [4.69, 9.17) is 4.74 Å². The monoisotopic (exact) mass is 312 g/mol. The lowest BCUT2D eigenvalue weighted by atomic mass is 10.1. The first-order valence-electron chi connectivity index (χ1n) is 9.19. The highest BCUT2D eigenvalue weighted by molar-refractivity contribution is 5.86.